The quantitative estimate of drug-likeness (QED) is 0.442. The van der Waals surface area contributed by atoms with Crippen molar-refractivity contribution in [3.63, 3.8) is 0 Å². The van der Waals surface area contributed by atoms with Crippen molar-refractivity contribution in [2.75, 3.05) is 17.4 Å². The standard InChI is InChI=1S/C25H20N2O6/c1-15(32-17-7-3-2-4-8-17)24(28)27-22-18-9-5-6-10-19(18)33-23(22)25(29)26-16-11-12-20-21(13-16)31-14-30-20/h2-13,15H,14H2,1H3,(H,26,29)(H,27,28). The number of hydrogen-bond acceptors (Lipinski definition) is 6. The van der Waals surface area contributed by atoms with Crippen molar-refractivity contribution in [2.24, 2.45) is 0 Å². The second-order valence-electron chi connectivity index (χ2n) is 7.39. The molecule has 5 rings (SSSR count). The first kappa shape index (κ1) is 20.4. The molecule has 33 heavy (non-hydrogen) atoms. The lowest BCUT2D eigenvalue weighted by Crippen LogP contribution is -2.30. The summed E-state index contributed by atoms with van der Waals surface area (Å²) >= 11 is 0. The highest BCUT2D eigenvalue weighted by Crippen LogP contribution is 2.35. The molecule has 2 heterocycles. The summed E-state index contributed by atoms with van der Waals surface area (Å²) in [4.78, 5) is 26.0. The van der Waals surface area contributed by atoms with Gasteiger partial charge < -0.3 is 29.3 Å². The fourth-order valence-corrected chi connectivity index (χ4v) is 3.47. The van der Waals surface area contributed by atoms with E-state index in [1.54, 1.807) is 61.5 Å². The molecular weight excluding hydrogens is 424 g/mol. The average molecular weight is 444 g/mol. The van der Waals surface area contributed by atoms with E-state index in [0.717, 1.165) is 0 Å². The third-order valence-corrected chi connectivity index (χ3v) is 5.11. The molecule has 4 aromatic rings. The summed E-state index contributed by atoms with van der Waals surface area (Å²) in [5, 5.41) is 6.18. The predicted octanol–water partition coefficient (Wildman–Crippen LogP) is 4.82. The number of furan rings is 1. The highest BCUT2D eigenvalue weighted by molar-refractivity contribution is 6.15. The summed E-state index contributed by atoms with van der Waals surface area (Å²) in [6.45, 7) is 1.77. The highest BCUT2D eigenvalue weighted by atomic mass is 16.7. The zero-order valence-corrected chi connectivity index (χ0v) is 17.7. The van der Waals surface area contributed by atoms with Crippen LogP contribution < -0.4 is 24.8 Å². The second-order valence-corrected chi connectivity index (χ2v) is 7.39. The Hall–Kier alpha value is -4.46. The number of carbonyl (C=O) groups excluding carboxylic acids is 2. The molecule has 0 fully saturated rings. The van der Waals surface area contributed by atoms with Crippen molar-refractivity contribution in [1.82, 2.24) is 0 Å². The van der Waals surface area contributed by atoms with Crippen LogP contribution in [0.25, 0.3) is 11.0 Å². The lowest BCUT2D eigenvalue weighted by molar-refractivity contribution is -0.122. The number of fused-ring (bicyclic) bond motifs is 2. The van der Waals surface area contributed by atoms with Crippen molar-refractivity contribution in [1.29, 1.82) is 0 Å². The van der Waals surface area contributed by atoms with Gasteiger partial charge in [0.25, 0.3) is 11.8 Å². The molecule has 0 saturated carbocycles. The third-order valence-electron chi connectivity index (χ3n) is 5.11. The Morgan fingerprint density at radius 2 is 1.67 bits per heavy atom. The van der Waals surface area contributed by atoms with Gasteiger partial charge in [0.15, 0.2) is 17.6 Å². The molecule has 0 spiro atoms. The molecule has 1 unspecified atom stereocenters. The monoisotopic (exact) mass is 444 g/mol. The largest absolute Gasteiger partial charge is 0.481 e. The third kappa shape index (κ3) is 4.18. The summed E-state index contributed by atoms with van der Waals surface area (Å²) in [5.41, 5.74) is 1.25. The average Bonchev–Trinajstić information content (AvgIpc) is 3.44. The summed E-state index contributed by atoms with van der Waals surface area (Å²) in [6, 6.07) is 21.2. The maximum Gasteiger partial charge on any atom is 0.293 e. The number of rotatable bonds is 6. The highest BCUT2D eigenvalue weighted by Gasteiger charge is 2.25. The number of hydrogen-bond donors (Lipinski definition) is 2. The van der Waals surface area contributed by atoms with E-state index in [9.17, 15) is 9.59 Å². The van der Waals surface area contributed by atoms with Crippen molar-refractivity contribution < 1.29 is 28.2 Å². The van der Waals surface area contributed by atoms with Gasteiger partial charge in [-0.2, -0.15) is 0 Å². The van der Waals surface area contributed by atoms with Crippen LogP contribution in [0.15, 0.2) is 77.2 Å². The Morgan fingerprint density at radius 1 is 0.909 bits per heavy atom. The van der Waals surface area contributed by atoms with Crippen LogP contribution in [0.5, 0.6) is 17.2 Å². The van der Waals surface area contributed by atoms with Gasteiger partial charge >= 0.3 is 0 Å². The van der Waals surface area contributed by atoms with E-state index in [1.165, 1.54) is 0 Å². The van der Waals surface area contributed by atoms with Crippen LogP contribution in [-0.4, -0.2) is 24.7 Å². The van der Waals surface area contributed by atoms with Crippen LogP contribution in [0, 0.1) is 0 Å². The van der Waals surface area contributed by atoms with E-state index in [4.69, 9.17) is 18.6 Å². The van der Waals surface area contributed by atoms with Crippen molar-refractivity contribution in [3.8, 4) is 17.2 Å². The molecular formula is C25H20N2O6. The minimum absolute atomic E-state index is 0.0193. The van der Waals surface area contributed by atoms with Crippen molar-refractivity contribution >= 4 is 34.2 Å². The number of ether oxygens (including phenoxy) is 3. The topological polar surface area (TPSA) is 99.0 Å². The summed E-state index contributed by atoms with van der Waals surface area (Å²) in [5.74, 6) is 0.765. The number of benzene rings is 3. The first-order valence-corrected chi connectivity index (χ1v) is 10.3. The molecule has 3 aromatic carbocycles. The van der Waals surface area contributed by atoms with Crippen molar-refractivity contribution in [3.05, 3.63) is 78.6 Å². The van der Waals surface area contributed by atoms with Gasteiger partial charge in [0.1, 0.15) is 17.0 Å². The Labute approximate surface area is 189 Å². The number of anilines is 2. The minimum Gasteiger partial charge on any atom is -0.481 e. The Balaban J connectivity index is 1.40. The van der Waals surface area contributed by atoms with Gasteiger partial charge in [0, 0.05) is 17.1 Å². The summed E-state index contributed by atoms with van der Waals surface area (Å²) < 4.78 is 22.2. The van der Waals surface area contributed by atoms with Gasteiger partial charge in [-0.05, 0) is 43.3 Å². The van der Waals surface area contributed by atoms with Crippen molar-refractivity contribution in [2.45, 2.75) is 13.0 Å². The normalized spacial score (nSPS) is 12.9. The SMILES string of the molecule is CC(Oc1ccccc1)C(=O)Nc1c(C(=O)Nc2ccc3c(c2)OCO3)oc2ccccc12. The molecule has 1 aliphatic rings. The van der Waals surface area contributed by atoms with Gasteiger partial charge in [-0.25, -0.2) is 0 Å². The first-order chi connectivity index (χ1) is 16.1. The van der Waals surface area contributed by atoms with Crippen LogP contribution in [0.3, 0.4) is 0 Å². The van der Waals surface area contributed by atoms with E-state index in [2.05, 4.69) is 10.6 Å². The van der Waals surface area contributed by atoms with Gasteiger partial charge in [0.2, 0.25) is 12.6 Å². The molecule has 0 radical (unpaired) electrons. The van der Waals surface area contributed by atoms with Gasteiger partial charge in [0.05, 0.1) is 0 Å². The van der Waals surface area contributed by atoms with Crippen LogP contribution >= 0.6 is 0 Å². The molecule has 1 aromatic heterocycles. The number of amides is 2. The number of para-hydroxylation sites is 2. The van der Waals surface area contributed by atoms with Gasteiger partial charge in [-0.1, -0.05) is 30.3 Å². The Bertz CT molecular complexity index is 1330. The summed E-state index contributed by atoms with van der Waals surface area (Å²) in [6.07, 6.45) is -0.800. The molecule has 1 aliphatic heterocycles. The van der Waals surface area contributed by atoms with E-state index >= 15 is 0 Å². The fourth-order valence-electron chi connectivity index (χ4n) is 3.47. The van der Waals surface area contributed by atoms with Crippen LogP contribution in [0.4, 0.5) is 11.4 Å². The molecule has 1 atom stereocenters. The molecule has 0 saturated heterocycles. The van der Waals surface area contributed by atoms with Gasteiger partial charge in [-0.3, -0.25) is 9.59 Å². The maximum absolute atomic E-state index is 13.1. The number of nitrogens with one attached hydrogen (secondary N) is 2. The van der Waals surface area contributed by atoms with Crippen LogP contribution in [-0.2, 0) is 4.79 Å². The lowest BCUT2D eigenvalue weighted by Gasteiger charge is -2.15. The van der Waals surface area contributed by atoms with Crippen LogP contribution in [0.1, 0.15) is 17.5 Å². The molecule has 166 valence electrons. The predicted molar refractivity (Wildman–Crippen MR) is 122 cm³/mol. The molecule has 0 aliphatic carbocycles. The first-order valence-electron chi connectivity index (χ1n) is 10.3. The zero-order chi connectivity index (χ0) is 22.8. The molecule has 2 N–H and O–H groups in total. The molecule has 2 amide bonds. The fraction of sp³-hybridized carbons (Fsp3) is 0.120. The molecule has 8 nitrogen and oxygen atoms in total. The van der Waals surface area contributed by atoms with E-state index in [0.29, 0.717) is 33.9 Å². The number of carbonyl (C=O) groups is 2. The molecule has 0 bridgehead atoms. The Kier molecular flexibility index (Phi) is 5.32. The van der Waals surface area contributed by atoms with Gasteiger partial charge in [-0.15, -0.1) is 0 Å². The maximum atomic E-state index is 13.1. The Morgan fingerprint density at radius 3 is 2.52 bits per heavy atom. The second kappa shape index (κ2) is 8.58. The summed E-state index contributed by atoms with van der Waals surface area (Å²) in [7, 11) is 0. The van der Waals surface area contributed by atoms with Crippen LogP contribution in [0.2, 0.25) is 0 Å². The van der Waals surface area contributed by atoms with E-state index < -0.39 is 17.9 Å². The smallest absolute Gasteiger partial charge is 0.293 e. The molecule has 8 heteroatoms. The van der Waals surface area contributed by atoms with E-state index in [1.807, 2.05) is 18.2 Å². The van der Waals surface area contributed by atoms with E-state index in [-0.39, 0.29) is 18.2 Å². The minimum atomic E-state index is -0.800. The lowest BCUT2D eigenvalue weighted by atomic mass is 10.2. The zero-order valence-electron chi connectivity index (χ0n) is 17.7.